The van der Waals surface area contributed by atoms with Crippen molar-refractivity contribution in [2.24, 2.45) is 0 Å². The van der Waals surface area contributed by atoms with E-state index in [1.165, 1.54) is 31.6 Å². The molecule has 0 bridgehead atoms. The van der Waals surface area contributed by atoms with Crippen molar-refractivity contribution in [3.63, 3.8) is 0 Å². The number of hydrogen-bond acceptors (Lipinski definition) is 8. The van der Waals surface area contributed by atoms with Gasteiger partial charge in [0, 0.05) is 37.1 Å². The first-order chi connectivity index (χ1) is 18.8. The molecule has 4 rings (SSSR count). The largest absolute Gasteiger partial charge is 0.478 e. The number of halogens is 1. The molecule has 39 heavy (non-hydrogen) atoms. The fourth-order valence-corrected chi connectivity index (χ4v) is 3.95. The Morgan fingerprint density at radius 1 is 1.13 bits per heavy atom. The van der Waals surface area contributed by atoms with Crippen molar-refractivity contribution in [2.75, 3.05) is 19.0 Å². The van der Waals surface area contributed by atoms with Gasteiger partial charge in [-0.25, -0.2) is 14.6 Å². The summed E-state index contributed by atoms with van der Waals surface area (Å²) >= 11 is 6.35. The van der Waals surface area contributed by atoms with E-state index in [4.69, 9.17) is 16.3 Å². The highest BCUT2D eigenvalue weighted by Gasteiger charge is 2.25. The molecule has 0 aliphatic rings. The Morgan fingerprint density at radius 2 is 1.92 bits per heavy atom. The number of pyridine rings is 2. The molecule has 3 heterocycles. The van der Waals surface area contributed by atoms with Crippen molar-refractivity contribution < 1.29 is 19.1 Å². The van der Waals surface area contributed by atoms with Crippen molar-refractivity contribution in [3.05, 3.63) is 93.5 Å². The summed E-state index contributed by atoms with van der Waals surface area (Å²) < 4.78 is 6.48. The molecule has 3 aromatic heterocycles. The minimum atomic E-state index is -0.689. The molecule has 1 aromatic carbocycles. The van der Waals surface area contributed by atoms with Crippen LogP contribution in [0.25, 0.3) is 5.82 Å². The van der Waals surface area contributed by atoms with Gasteiger partial charge in [0.05, 0.1) is 34.5 Å². The van der Waals surface area contributed by atoms with Crippen molar-refractivity contribution in [2.45, 2.75) is 13.8 Å². The van der Waals surface area contributed by atoms with Crippen LogP contribution in [-0.4, -0.2) is 51.0 Å². The van der Waals surface area contributed by atoms with Gasteiger partial charge >= 0.3 is 0 Å². The molecule has 2 N–H and O–H groups in total. The number of ether oxygens (including phenoxy) is 1. The molecule has 0 unspecified atom stereocenters. The van der Waals surface area contributed by atoms with E-state index in [1.807, 2.05) is 13.0 Å². The molecule has 0 saturated carbocycles. The number of aromatic nitrogens is 4. The maximum atomic E-state index is 13.6. The van der Waals surface area contributed by atoms with Gasteiger partial charge in [-0.15, -0.1) is 0 Å². The van der Waals surface area contributed by atoms with Crippen molar-refractivity contribution in [1.82, 2.24) is 25.1 Å². The highest BCUT2D eigenvalue weighted by molar-refractivity contribution is 6.32. The first-order valence-corrected chi connectivity index (χ1v) is 12.1. The van der Waals surface area contributed by atoms with Crippen LogP contribution in [0.5, 0.6) is 5.88 Å². The number of amides is 2. The number of carbonyl (C=O) groups is 3. The lowest BCUT2D eigenvalue weighted by Crippen LogP contribution is -2.24. The van der Waals surface area contributed by atoms with Gasteiger partial charge in [-0.05, 0) is 49.7 Å². The van der Waals surface area contributed by atoms with E-state index in [0.717, 1.165) is 4.68 Å². The van der Waals surface area contributed by atoms with Crippen LogP contribution >= 0.6 is 11.6 Å². The summed E-state index contributed by atoms with van der Waals surface area (Å²) in [5, 5.41) is 19.1. The van der Waals surface area contributed by atoms with E-state index in [1.54, 1.807) is 37.3 Å². The predicted octanol–water partition coefficient (Wildman–Crippen LogP) is 3.74. The maximum absolute atomic E-state index is 13.6. The number of benzene rings is 1. The number of anilines is 1. The molecule has 0 aliphatic heterocycles. The quantitative estimate of drug-likeness (QED) is 0.319. The monoisotopic (exact) mass is 543 g/mol. The summed E-state index contributed by atoms with van der Waals surface area (Å²) in [7, 11) is 1.44. The number of nitrogens with zero attached hydrogens (tertiary/aromatic N) is 5. The van der Waals surface area contributed by atoms with Crippen molar-refractivity contribution in [3.8, 4) is 17.8 Å². The maximum Gasteiger partial charge on any atom is 0.274 e. The molecule has 12 heteroatoms. The fraction of sp³-hybridized carbons (Fsp3) is 0.148. The van der Waals surface area contributed by atoms with Crippen LogP contribution in [0.4, 0.5) is 5.69 Å². The molecular weight excluding hydrogens is 522 g/mol. The lowest BCUT2D eigenvalue weighted by Gasteiger charge is -2.14. The zero-order valence-corrected chi connectivity index (χ0v) is 21.9. The van der Waals surface area contributed by atoms with Gasteiger partial charge < -0.3 is 15.4 Å². The molecule has 0 radical (unpaired) electrons. The molecule has 0 saturated heterocycles. The van der Waals surface area contributed by atoms with Crippen LogP contribution in [0.15, 0.2) is 54.9 Å². The topological polar surface area (TPSA) is 152 Å². The molecule has 4 aromatic rings. The number of hydrogen-bond donors (Lipinski definition) is 2. The van der Waals surface area contributed by atoms with Crippen molar-refractivity contribution >= 4 is 34.9 Å². The molecule has 0 aliphatic carbocycles. The Kier molecular flexibility index (Phi) is 7.98. The summed E-state index contributed by atoms with van der Waals surface area (Å²) in [6.07, 6.45) is 2.83. The highest BCUT2D eigenvalue weighted by Crippen LogP contribution is 2.26. The zero-order valence-electron chi connectivity index (χ0n) is 21.2. The van der Waals surface area contributed by atoms with E-state index in [-0.39, 0.29) is 44.6 Å². The average molecular weight is 544 g/mol. The van der Waals surface area contributed by atoms with Gasteiger partial charge in [0.15, 0.2) is 5.82 Å². The molecule has 0 fully saturated rings. The lowest BCUT2D eigenvalue weighted by molar-refractivity contribution is 0.0963. The first-order valence-electron chi connectivity index (χ1n) is 11.7. The molecule has 11 nitrogen and oxygen atoms in total. The normalized spacial score (nSPS) is 10.4. The molecular formula is C27H22ClN7O4. The third-order valence-corrected chi connectivity index (χ3v) is 5.87. The molecule has 0 spiro atoms. The van der Waals surface area contributed by atoms with Gasteiger partial charge in [0.2, 0.25) is 11.7 Å². The van der Waals surface area contributed by atoms with E-state index in [9.17, 15) is 19.6 Å². The third kappa shape index (κ3) is 5.61. The summed E-state index contributed by atoms with van der Waals surface area (Å²) in [5.74, 6) is -1.19. The van der Waals surface area contributed by atoms with Gasteiger partial charge in [-0.1, -0.05) is 11.6 Å². The zero-order chi connectivity index (χ0) is 28.1. The number of rotatable bonds is 8. The predicted molar refractivity (Wildman–Crippen MR) is 142 cm³/mol. The smallest absolute Gasteiger partial charge is 0.274 e. The van der Waals surface area contributed by atoms with E-state index in [0.29, 0.717) is 18.1 Å². The van der Waals surface area contributed by atoms with Crippen LogP contribution in [0.2, 0.25) is 5.02 Å². The second-order valence-electron chi connectivity index (χ2n) is 8.14. The minimum Gasteiger partial charge on any atom is -0.478 e. The van der Waals surface area contributed by atoms with Gasteiger partial charge in [-0.2, -0.15) is 10.4 Å². The Balaban J connectivity index is 1.79. The van der Waals surface area contributed by atoms with Crippen LogP contribution in [0.1, 0.15) is 54.9 Å². The highest BCUT2D eigenvalue weighted by atomic mass is 35.5. The number of aryl methyl sites for hydroxylation is 1. The van der Waals surface area contributed by atoms with Crippen LogP contribution < -0.4 is 15.4 Å². The Bertz CT molecular complexity index is 1620. The summed E-state index contributed by atoms with van der Waals surface area (Å²) in [4.78, 5) is 47.7. The summed E-state index contributed by atoms with van der Waals surface area (Å²) in [5.41, 5.74) is 1.14. The van der Waals surface area contributed by atoms with Gasteiger partial charge in [0.25, 0.3) is 11.8 Å². The molecule has 2 amide bonds. The third-order valence-electron chi connectivity index (χ3n) is 5.58. The summed E-state index contributed by atoms with van der Waals surface area (Å²) in [6, 6.07) is 12.5. The van der Waals surface area contributed by atoms with Crippen LogP contribution in [-0.2, 0) is 0 Å². The number of carbonyl (C=O) groups excluding carboxylic acids is 3. The van der Waals surface area contributed by atoms with Gasteiger partial charge in [0.1, 0.15) is 11.4 Å². The van der Waals surface area contributed by atoms with Crippen LogP contribution in [0, 0.1) is 18.3 Å². The van der Waals surface area contributed by atoms with Crippen molar-refractivity contribution in [1.29, 1.82) is 5.26 Å². The lowest BCUT2D eigenvalue weighted by atomic mass is 10.0. The fourth-order valence-electron chi connectivity index (χ4n) is 3.75. The average Bonchev–Trinajstić information content (AvgIpc) is 3.39. The van der Waals surface area contributed by atoms with E-state index < -0.39 is 17.6 Å². The number of nitrogens with one attached hydrogen (secondary N) is 2. The molecule has 196 valence electrons. The van der Waals surface area contributed by atoms with Crippen LogP contribution in [0.3, 0.4) is 0 Å². The first kappa shape index (κ1) is 27.0. The number of ketones is 1. The summed E-state index contributed by atoms with van der Waals surface area (Å²) in [6.45, 7) is 3.90. The second-order valence-corrected chi connectivity index (χ2v) is 8.55. The van der Waals surface area contributed by atoms with E-state index in [2.05, 4.69) is 25.7 Å². The minimum absolute atomic E-state index is 0.0593. The SMILES string of the molecule is CCOc1ccc(C(=O)c2cc(C(=O)Nc3c(C)cc(C#N)cc3C(=O)NC)n(-c3ncccc3Cl)n2)cn1. The standard InChI is InChI=1S/C27H22ClN7O4/c1-4-39-22-8-7-17(14-32-22)24(36)20-12-21(35(34-20)25-19(28)6-5-9-31-25)27(38)33-23-15(2)10-16(13-29)11-18(23)26(37)30-3/h5-12,14H,4H2,1-3H3,(H,30,37)(H,33,38). The number of nitriles is 1. The second kappa shape index (κ2) is 11.5. The van der Waals surface area contributed by atoms with E-state index >= 15 is 0 Å². The Hall–Kier alpha value is -5.08. The molecule has 0 atom stereocenters. The Morgan fingerprint density at radius 3 is 2.56 bits per heavy atom. The Labute approximate surface area is 228 Å². The van der Waals surface area contributed by atoms with Gasteiger partial charge in [-0.3, -0.25) is 14.4 Å².